The number of likely N-dealkylation sites (tertiary alicyclic amines) is 1. The van der Waals surface area contributed by atoms with Crippen molar-refractivity contribution in [2.24, 2.45) is 11.1 Å². The second-order valence-corrected chi connectivity index (χ2v) is 9.68. The van der Waals surface area contributed by atoms with Crippen molar-refractivity contribution < 1.29 is 22.7 Å². The van der Waals surface area contributed by atoms with Crippen LogP contribution in [0.1, 0.15) is 26.7 Å². The fourth-order valence-electron chi connectivity index (χ4n) is 3.30. The molecule has 1 saturated heterocycles. The molecule has 144 valence electrons. The summed E-state index contributed by atoms with van der Waals surface area (Å²) >= 11 is 0. The normalized spacial score (nSPS) is 22.1. The molecule has 2 aliphatic heterocycles. The molecular weight excluding hydrogens is 356 g/mol. The number of nitrogens with two attached hydrogens (primary N) is 1. The standard InChI is InChI=1S/C18H26N2O5S/c1-18(2)12-20(7-5-16(18)19)17(21)6-10-26(22,23)13-3-4-14-15(11-13)25-9-8-24-14/h3-4,11,16H,5-10,12,19H2,1-2H3. The van der Waals surface area contributed by atoms with Crippen molar-refractivity contribution >= 4 is 15.7 Å². The molecule has 1 aromatic rings. The molecule has 0 bridgehead atoms. The Morgan fingerprint density at radius 1 is 1.27 bits per heavy atom. The van der Waals surface area contributed by atoms with E-state index in [1.54, 1.807) is 11.0 Å². The molecular formula is C18H26N2O5S. The lowest BCUT2D eigenvalue weighted by atomic mass is 9.79. The van der Waals surface area contributed by atoms with Gasteiger partial charge in [-0.05, 0) is 24.0 Å². The molecule has 7 nitrogen and oxygen atoms in total. The number of ether oxygens (including phenoxy) is 2. The van der Waals surface area contributed by atoms with Gasteiger partial charge in [0.2, 0.25) is 5.91 Å². The topological polar surface area (TPSA) is 98.9 Å². The van der Waals surface area contributed by atoms with Crippen LogP contribution in [0.2, 0.25) is 0 Å². The lowest BCUT2D eigenvalue weighted by molar-refractivity contribution is -0.134. The summed E-state index contributed by atoms with van der Waals surface area (Å²) in [5.41, 5.74) is 5.93. The van der Waals surface area contributed by atoms with Crippen LogP contribution in [0.15, 0.2) is 23.1 Å². The fraction of sp³-hybridized carbons (Fsp3) is 0.611. The summed E-state index contributed by atoms with van der Waals surface area (Å²) in [6, 6.07) is 4.61. The van der Waals surface area contributed by atoms with Crippen molar-refractivity contribution in [2.75, 3.05) is 32.1 Å². The molecule has 8 heteroatoms. The van der Waals surface area contributed by atoms with E-state index in [2.05, 4.69) is 0 Å². The Morgan fingerprint density at radius 2 is 1.96 bits per heavy atom. The third-order valence-electron chi connectivity index (χ3n) is 5.12. The number of nitrogens with zero attached hydrogens (tertiary/aromatic N) is 1. The summed E-state index contributed by atoms with van der Waals surface area (Å²) in [6.45, 7) is 6.03. The highest BCUT2D eigenvalue weighted by molar-refractivity contribution is 7.91. The number of amides is 1. The SMILES string of the molecule is CC1(C)CN(C(=O)CCS(=O)(=O)c2ccc3c(c2)OCCO3)CCC1N. The highest BCUT2D eigenvalue weighted by Crippen LogP contribution is 2.33. The molecule has 0 spiro atoms. The van der Waals surface area contributed by atoms with Gasteiger partial charge in [0.05, 0.1) is 10.6 Å². The molecule has 2 aliphatic rings. The van der Waals surface area contributed by atoms with E-state index in [1.165, 1.54) is 12.1 Å². The Kier molecular flexibility index (Phi) is 5.16. The van der Waals surface area contributed by atoms with Gasteiger partial charge in [0.1, 0.15) is 13.2 Å². The molecule has 0 radical (unpaired) electrons. The minimum atomic E-state index is -3.57. The van der Waals surface area contributed by atoms with E-state index in [-0.39, 0.29) is 34.4 Å². The summed E-state index contributed by atoms with van der Waals surface area (Å²) in [5.74, 6) is 0.591. The van der Waals surface area contributed by atoms with Gasteiger partial charge in [-0.1, -0.05) is 13.8 Å². The first-order valence-electron chi connectivity index (χ1n) is 8.85. The fourth-order valence-corrected chi connectivity index (χ4v) is 4.54. The summed E-state index contributed by atoms with van der Waals surface area (Å²) in [6.07, 6.45) is 0.690. The predicted octanol–water partition coefficient (Wildman–Crippen LogP) is 1.21. The van der Waals surface area contributed by atoms with Gasteiger partial charge in [-0.25, -0.2) is 8.42 Å². The monoisotopic (exact) mass is 382 g/mol. The number of carbonyl (C=O) groups is 1. The summed E-state index contributed by atoms with van der Waals surface area (Å²) < 4.78 is 36.0. The lowest BCUT2D eigenvalue weighted by Gasteiger charge is -2.42. The lowest BCUT2D eigenvalue weighted by Crippen LogP contribution is -2.54. The largest absolute Gasteiger partial charge is 0.486 e. The molecule has 0 aliphatic carbocycles. The highest BCUT2D eigenvalue weighted by atomic mass is 32.2. The predicted molar refractivity (Wildman–Crippen MR) is 97.1 cm³/mol. The number of carbonyl (C=O) groups excluding carboxylic acids is 1. The Balaban J connectivity index is 1.64. The molecule has 1 atom stereocenters. The minimum Gasteiger partial charge on any atom is -0.486 e. The molecule has 26 heavy (non-hydrogen) atoms. The van der Waals surface area contributed by atoms with Gasteiger partial charge in [-0.2, -0.15) is 0 Å². The number of benzene rings is 1. The average Bonchev–Trinajstić information content (AvgIpc) is 2.61. The van der Waals surface area contributed by atoms with Crippen molar-refractivity contribution in [1.29, 1.82) is 0 Å². The van der Waals surface area contributed by atoms with Crippen LogP contribution in [0.25, 0.3) is 0 Å². The Hall–Kier alpha value is -1.80. The van der Waals surface area contributed by atoms with E-state index < -0.39 is 9.84 Å². The van der Waals surface area contributed by atoms with Gasteiger partial charge in [0, 0.05) is 31.6 Å². The van der Waals surface area contributed by atoms with E-state index in [1.807, 2.05) is 13.8 Å². The van der Waals surface area contributed by atoms with Crippen molar-refractivity contribution in [3.05, 3.63) is 18.2 Å². The Morgan fingerprint density at radius 3 is 2.65 bits per heavy atom. The second-order valence-electron chi connectivity index (χ2n) is 7.57. The van der Waals surface area contributed by atoms with Crippen molar-refractivity contribution in [1.82, 2.24) is 4.90 Å². The number of piperidine rings is 1. The van der Waals surface area contributed by atoms with Gasteiger partial charge < -0.3 is 20.1 Å². The van der Waals surface area contributed by atoms with Gasteiger partial charge in [0.25, 0.3) is 0 Å². The van der Waals surface area contributed by atoms with Crippen LogP contribution in [0.5, 0.6) is 11.5 Å². The number of fused-ring (bicyclic) bond motifs is 1. The molecule has 1 fully saturated rings. The van der Waals surface area contributed by atoms with E-state index >= 15 is 0 Å². The van der Waals surface area contributed by atoms with Crippen LogP contribution < -0.4 is 15.2 Å². The van der Waals surface area contributed by atoms with Gasteiger partial charge >= 0.3 is 0 Å². The smallest absolute Gasteiger partial charge is 0.223 e. The molecule has 2 N–H and O–H groups in total. The van der Waals surface area contributed by atoms with Crippen LogP contribution in [-0.2, 0) is 14.6 Å². The van der Waals surface area contributed by atoms with E-state index in [0.29, 0.717) is 37.8 Å². The summed E-state index contributed by atoms with van der Waals surface area (Å²) in [7, 11) is -3.57. The first-order chi connectivity index (χ1) is 12.2. The summed E-state index contributed by atoms with van der Waals surface area (Å²) in [4.78, 5) is 14.4. The number of rotatable bonds is 4. The zero-order chi connectivity index (χ0) is 18.9. The molecule has 0 saturated carbocycles. The van der Waals surface area contributed by atoms with E-state index in [0.717, 1.165) is 6.42 Å². The molecule has 1 unspecified atom stereocenters. The third kappa shape index (κ3) is 3.96. The quantitative estimate of drug-likeness (QED) is 0.840. The Labute approximate surface area is 154 Å². The van der Waals surface area contributed by atoms with Gasteiger partial charge in [-0.3, -0.25) is 4.79 Å². The molecule has 3 rings (SSSR count). The van der Waals surface area contributed by atoms with Gasteiger partial charge in [-0.15, -0.1) is 0 Å². The third-order valence-corrected chi connectivity index (χ3v) is 6.84. The van der Waals surface area contributed by atoms with E-state index in [9.17, 15) is 13.2 Å². The molecule has 0 aromatic heterocycles. The van der Waals surface area contributed by atoms with Crippen LogP contribution >= 0.6 is 0 Å². The van der Waals surface area contributed by atoms with Crippen LogP contribution in [0, 0.1) is 5.41 Å². The molecule has 2 heterocycles. The van der Waals surface area contributed by atoms with Crippen molar-refractivity contribution in [3.8, 4) is 11.5 Å². The number of sulfone groups is 1. The van der Waals surface area contributed by atoms with Crippen molar-refractivity contribution in [3.63, 3.8) is 0 Å². The second kappa shape index (κ2) is 7.08. The minimum absolute atomic E-state index is 0.0396. The Bertz CT molecular complexity index is 791. The van der Waals surface area contributed by atoms with Crippen LogP contribution in [-0.4, -0.2) is 57.3 Å². The average molecular weight is 382 g/mol. The van der Waals surface area contributed by atoms with Crippen molar-refractivity contribution in [2.45, 2.75) is 37.6 Å². The maximum Gasteiger partial charge on any atom is 0.223 e. The first-order valence-corrected chi connectivity index (χ1v) is 10.5. The molecule has 1 aromatic carbocycles. The van der Waals surface area contributed by atoms with Crippen LogP contribution in [0.3, 0.4) is 0 Å². The van der Waals surface area contributed by atoms with E-state index in [4.69, 9.17) is 15.2 Å². The maximum atomic E-state index is 12.6. The number of hydrogen-bond acceptors (Lipinski definition) is 6. The first kappa shape index (κ1) is 19.0. The highest BCUT2D eigenvalue weighted by Gasteiger charge is 2.35. The summed E-state index contributed by atoms with van der Waals surface area (Å²) in [5, 5.41) is 0. The maximum absolute atomic E-state index is 12.6. The zero-order valence-electron chi connectivity index (χ0n) is 15.2. The van der Waals surface area contributed by atoms with Gasteiger partial charge in [0.15, 0.2) is 21.3 Å². The number of hydrogen-bond donors (Lipinski definition) is 1. The zero-order valence-corrected chi connectivity index (χ0v) is 16.0. The molecule has 1 amide bonds. The van der Waals surface area contributed by atoms with Crippen LogP contribution in [0.4, 0.5) is 0 Å².